The lowest BCUT2D eigenvalue weighted by Gasteiger charge is -2.32. The van der Waals surface area contributed by atoms with E-state index in [1.54, 1.807) is 6.07 Å². The molecule has 1 amide bonds. The second-order valence-electron chi connectivity index (χ2n) is 7.53. The molecular weight excluding hydrogens is 420 g/mol. The summed E-state index contributed by atoms with van der Waals surface area (Å²) in [6.45, 7) is 5.63. The Morgan fingerprint density at radius 1 is 1.35 bits per heavy atom. The van der Waals surface area contributed by atoms with E-state index in [2.05, 4.69) is 15.4 Å². The third-order valence-corrected chi connectivity index (χ3v) is 5.69. The number of para-hydroxylation sites is 1. The van der Waals surface area contributed by atoms with Crippen molar-refractivity contribution in [3.05, 3.63) is 63.8 Å². The number of nitrogens with zero attached hydrogens (tertiary/aromatic N) is 3. The van der Waals surface area contributed by atoms with Crippen molar-refractivity contribution in [1.82, 2.24) is 20.3 Å². The Hall–Kier alpha value is -2.84. The molecule has 0 bridgehead atoms. The maximum absolute atomic E-state index is 12.8. The molecule has 2 aromatic heterocycles. The number of amides is 1. The molecule has 1 aliphatic rings. The number of nitrogens with one attached hydrogen (secondary N) is 1. The van der Waals surface area contributed by atoms with Gasteiger partial charge in [0.05, 0.1) is 42.6 Å². The summed E-state index contributed by atoms with van der Waals surface area (Å²) in [7, 11) is 0. The SMILES string of the molecule is Cc1noc(C)c1CC(=O)N1CCO[C@@H](c2cc(CCOc3ccccc3Cl)[nH]n2)C1. The van der Waals surface area contributed by atoms with Crippen molar-refractivity contribution in [2.75, 3.05) is 26.3 Å². The van der Waals surface area contributed by atoms with E-state index < -0.39 is 0 Å². The summed E-state index contributed by atoms with van der Waals surface area (Å²) in [6.07, 6.45) is 0.662. The van der Waals surface area contributed by atoms with E-state index in [4.69, 9.17) is 25.6 Å². The molecule has 8 nitrogen and oxygen atoms in total. The average molecular weight is 445 g/mol. The van der Waals surface area contributed by atoms with E-state index in [0.717, 1.165) is 22.6 Å². The van der Waals surface area contributed by atoms with Crippen LogP contribution in [-0.2, 0) is 22.4 Å². The molecule has 0 saturated carbocycles. The molecule has 1 atom stereocenters. The number of benzene rings is 1. The number of aromatic nitrogens is 3. The highest BCUT2D eigenvalue weighted by Gasteiger charge is 2.28. The Morgan fingerprint density at radius 3 is 2.97 bits per heavy atom. The van der Waals surface area contributed by atoms with Gasteiger partial charge in [-0.05, 0) is 32.0 Å². The molecule has 1 aliphatic heterocycles. The van der Waals surface area contributed by atoms with Gasteiger partial charge in [-0.2, -0.15) is 5.10 Å². The summed E-state index contributed by atoms with van der Waals surface area (Å²) in [5, 5.41) is 11.9. The molecule has 31 heavy (non-hydrogen) atoms. The van der Waals surface area contributed by atoms with Crippen LogP contribution in [0.3, 0.4) is 0 Å². The summed E-state index contributed by atoms with van der Waals surface area (Å²) in [5.41, 5.74) is 3.33. The number of rotatable bonds is 7. The van der Waals surface area contributed by atoms with Gasteiger partial charge < -0.3 is 18.9 Å². The first-order chi connectivity index (χ1) is 15.0. The van der Waals surface area contributed by atoms with Gasteiger partial charge in [-0.1, -0.05) is 28.9 Å². The van der Waals surface area contributed by atoms with Crippen LogP contribution in [0.15, 0.2) is 34.9 Å². The van der Waals surface area contributed by atoms with Crippen LogP contribution in [0.2, 0.25) is 5.02 Å². The number of ether oxygens (including phenoxy) is 2. The van der Waals surface area contributed by atoms with Gasteiger partial charge in [0.15, 0.2) is 0 Å². The van der Waals surface area contributed by atoms with E-state index in [0.29, 0.717) is 49.3 Å². The molecule has 1 N–H and O–H groups in total. The molecule has 1 aromatic carbocycles. The Bertz CT molecular complexity index is 1030. The lowest BCUT2D eigenvalue weighted by atomic mass is 10.1. The number of carbonyl (C=O) groups excluding carboxylic acids is 1. The maximum Gasteiger partial charge on any atom is 0.227 e. The van der Waals surface area contributed by atoms with Gasteiger partial charge in [0.2, 0.25) is 5.91 Å². The number of carbonyl (C=O) groups is 1. The van der Waals surface area contributed by atoms with Gasteiger partial charge >= 0.3 is 0 Å². The summed E-state index contributed by atoms with van der Waals surface area (Å²) in [4.78, 5) is 14.6. The van der Waals surface area contributed by atoms with Crippen molar-refractivity contribution in [2.24, 2.45) is 0 Å². The summed E-state index contributed by atoms with van der Waals surface area (Å²) in [6, 6.07) is 9.34. The first-order valence-corrected chi connectivity index (χ1v) is 10.6. The quantitative estimate of drug-likeness (QED) is 0.600. The minimum Gasteiger partial charge on any atom is -0.492 e. The lowest BCUT2D eigenvalue weighted by molar-refractivity contribution is -0.138. The molecule has 1 fully saturated rings. The number of aryl methyl sites for hydroxylation is 2. The van der Waals surface area contributed by atoms with Crippen molar-refractivity contribution in [3.63, 3.8) is 0 Å². The summed E-state index contributed by atoms with van der Waals surface area (Å²) >= 11 is 6.11. The van der Waals surface area contributed by atoms with Gasteiger partial charge in [-0.3, -0.25) is 9.89 Å². The predicted octanol–water partition coefficient (Wildman–Crippen LogP) is 3.43. The fourth-order valence-electron chi connectivity index (χ4n) is 3.58. The maximum atomic E-state index is 12.8. The molecule has 0 aliphatic carbocycles. The van der Waals surface area contributed by atoms with Gasteiger partial charge in [0.1, 0.15) is 17.6 Å². The summed E-state index contributed by atoms with van der Waals surface area (Å²) in [5.74, 6) is 1.38. The zero-order valence-electron chi connectivity index (χ0n) is 17.6. The number of hydrogen-bond acceptors (Lipinski definition) is 6. The molecule has 0 unspecified atom stereocenters. The van der Waals surface area contributed by atoms with E-state index in [1.165, 1.54) is 0 Å². The van der Waals surface area contributed by atoms with Crippen molar-refractivity contribution < 1.29 is 18.8 Å². The number of aromatic amines is 1. The van der Waals surface area contributed by atoms with E-state index in [1.807, 2.05) is 43.0 Å². The third kappa shape index (κ3) is 5.08. The lowest BCUT2D eigenvalue weighted by Crippen LogP contribution is -2.43. The third-order valence-electron chi connectivity index (χ3n) is 5.37. The second kappa shape index (κ2) is 9.53. The van der Waals surface area contributed by atoms with Gasteiger partial charge in [-0.25, -0.2) is 0 Å². The fraction of sp³-hybridized carbons (Fsp3) is 0.409. The van der Waals surface area contributed by atoms with Crippen LogP contribution < -0.4 is 4.74 Å². The normalized spacial score (nSPS) is 16.5. The van der Waals surface area contributed by atoms with Crippen LogP contribution in [-0.4, -0.2) is 52.5 Å². The van der Waals surface area contributed by atoms with Crippen LogP contribution in [0.5, 0.6) is 5.75 Å². The van der Waals surface area contributed by atoms with Gasteiger partial charge in [-0.15, -0.1) is 0 Å². The minimum absolute atomic E-state index is 0.0339. The van der Waals surface area contributed by atoms with Crippen molar-refractivity contribution >= 4 is 17.5 Å². The molecule has 0 spiro atoms. The van der Waals surface area contributed by atoms with Crippen LogP contribution >= 0.6 is 11.6 Å². The standard InChI is InChI=1S/C22H25ClN4O4/c1-14-17(15(2)31-26-14)12-22(28)27-8-10-30-21(13-27)19-11-16(24-25-19)7-9-29-20-6-4-3-5-18(20)23/h3-6,11,21H,7-10,12-13H2,1-2H3,(H,24,25)/t21-/m1/s1. The zero-order valence-corrected chi connectivity index (χ0v) is 18.3. The zero-order chi connectivity index (χ0) is 21.8. The van der Waals surface area contributed by atoms with E-state index >= 15 is 0 Å². The Morgan fingerprint density at radius 2 is 2.19 bits per heavy atom. The highest BCUT2D eigenvalue weighted by Crippen LogP contribution is 2.24. The number of halogens is 1. The second-order valence-corrected chi connectivity index (χ2v) is 7.93. The monoisotopic (exact) mass is 444 g/mol. The van der Waals surface area contributed by atoms with Gasteiger partial charge in [0, 0.05) is 24.2 Å². The Kier molecular flexibility index (Phi) is 6.58. The number of hydrogen-bond donors (Lipinski definition) is 1. The number of morpholine rings is 1. The Labute approximate surface area is 185 Å². The first-order valence-electron chi connectivity index (χ1n) is 10.2. The minimum atomic E-state index is -0.267. The van der Waals surface area contributed by atoms with E-state index in [9.17, 15) is 4.79 Å². The van der Waals surface area contributed by atoms with Crippen LogP contribution in [0.25, 0.3) is 0 Å². The highest BCUT2D eigenvalue weighted by atomic mass is 35.5. The van der Waals surface area contributed by atoms with E-state index in [-0.39, 0.29) is 18.4 Å². The molecule has 9 heteroatoms. The van der Waals surface area contributed by atoms with Gasteiger partial charge in [0.25, 0.3) is 0 Å². The van der Waals surface area contributed by atoms with Crippen molar-refractivity contribution in [2.45, 2.75) is 32.8 Å². The fourth-order valence-corrected chi connectivity index (χ4v) is 3.77. The molecule has 4 rings (SSSR count). The average Bonchev–Trinajstić information content (AvgIpc) is 3.37. The van der Waals surface area contributed by atoms with Crippen LogP contribution in [0.1, 0.15) is 34.5 Å². The predicted molar refractivity (Wildman–Crippen MR) is 114 cm³/mol. The van der Waals surface area contributed by atoms with Crippen LogP contribution in [0.4, 0.5) is 0 Å². The number of H-pyrrole nitrogens is 1. The highest BCUT2D eigenvalue weighted by molar-refractivity contribution is 6.32. The molecule has 164 valence electrons. The van der Waals surface area contributed by atoms with Crippen LogP contribution in [0, 0.1) is 13.8 Å². The largest absolute Gasteiger partial charge is 0.492 e. The van der Waals surface area contributed by atoms with Crippen molar-refractivity contribution in [3.8, 4) is 5.75 Å². The van der Waals surface area contributed by atoms with Crippen molar-refractivity contribution in [1.29, 1.82) is 0 Å². The topological polar surface area (TPSA) is 93.5 Å². The summed E-state index contributed by atoms with van der Waals surface area (Å²) < 4.78 is 16.8. The first kappa shape index (κ1) is 21.4. The molecule has 3 aromatic rings. The molecular formula is C22H25ClN4O4. The Balaban J connectivity index is 1.32. The molecule has 1 saturated heterocycles. The smallest absolute Gasteiger partial charge is 0.227 e. The molecule has 0 radical (unpaired) electrons. The molecule has 3 heterocycles.